The van der Waals surface area contributed by atoms with Crippen LogP contribution in [0.15, 0.2) is 24.3 Å². The van der Waals surface area contributed by atoms with Gasteiger partial charge in [0.2, 0.25) is 0 Å². The lowest BCUT2D eigenvalue weighted by molar-refractivity contribution is 0.911. The smallest absolute Gasteiger partial charge is 0.00344 e. The highest BCUT2D eigenvalue weighted by Crippen LogP contribution is 2.41. The predicted molar refractivity (Wildman–Crippen MR) is 60.5 cm³/mol. The van der Waals surface area contributed by atoms with Gasteiger partial charge in [0.05, 0.1) is 0 Å². The van der Waals surface area contributed by atoms with E-state index in [1.165, 1.54) is 25.7 Å². The third-order valence-electron chi connectivity index (χ3n) is 2.65. The Balaban J connectivity index is 2.12. The summed E-state index contributed by atoms with van der Waals surface area (Å²) in [5.74, 6) is 0.895. The molecule has 13 heavy (non-hydrogen) atoms. The highest BCUT2D eigenvalue weighted by atomic mass is 79.9. The molecular weight excluding hydrogens is 224 g/mol. The van der Waals surface area contributed by atoms with Crippen molar-refractivity contribution >= 4 is 15.9 Å². The number of rotatable bonds is 4. The summed E-state index contributed by atoms with van der Waals surface area (Å²) in [5, 5.41) is 1.12. The molecule has 1 aromatic rings. The van der Waals surface area contributed by atoms with Crippen LogP contribution in [0.25, 0.3) is 0 Å². The van der Waals surface area contributed by atoms with Crippen molar-refractivity contribution in [1.29, 1.82) is 0 Å². The van der Waals surface area contributed by atoms with Crippen LogP contribution in [0.5, 0.6) is 0 Å². The molecule has 1 heteroatoms. The van der Waals surface area contributed by atoms with Gasteiger partial charge in [0.1, 0.15) is 0 Å². The summed E-state index contributed by atoms with van der Waals surface area (Å²) < 4.78 is 0. The summed E-state index contributed by atoms with van der Waals surface area (Å²) in [5.41, 5.74) is 3.19. The van der Waals surface area contributed by atoms with E-state index >= 15 is 0 Å². The molecule has 2 rings (SSSR count). The van der Waals surface area contributed by atoms with E-state index < -0.39 is 0 Å². The molecule has 0 radical (unpaired) electrons. The third-order valence-corrected chi connectivity index (χ3v) is 3.21. The molecule has 0 N–H and O–H groups in total. The first-order valence-electron chi connectivity index (χ1n) is 5.05. The van der Waals surface area contributed by atoms with Crippen LogP contribution in [-0.4, -0.2) is 5.33 Å². The van der Waals surface area contributed by atoms with Gasteiger partial charge in [0.15, 0.2) is 0 Å². The van der Waals surface area contributed by atoms with E-state index in [9.17, 15) is 0 Å². The predicted octanol–water partition coefficient (Wildman–Crippen LogP) is 3.89. The molecule has 0 atom stereocenters. The number of hydrogen-bond donors (Lipinski definition) is 0. The Morgan fingerprint density at radius 3 is 2.69 bits per heavy atom. The lowest BCUT2D eigenvalue weighted by atomic mass is 10.00. The van der Waals surface area contributed by atoms with E-state index in [0.717, 1.165) is 11.2 Å². The van der Waals surface area contributed by atoms with Gasteiger partial charge < -0.3 is 0 Å². The molecule has 0 nitrogen and oxygen atoms in total. The fraction of sp³-hybridized carbons (Fsp3) is 0.500. The van der Waals surface area contributed by atoms with Gasteiger partial charge >= 0.3 is 0 Å². The van der Waals surface area contributed by atoms with Crippen LogP contribution in [0.2, 0.25) is 0 Å². The first kappa shape index (κ1) is 9.26. The molecule has 0 bridgehead atoms. The summed E-state index contributed by atoms with van der Waals surface area (Å²) in [6, 6.07) is 8.93. The molecule has 0 amide bonds. The topological polar surface area (TPSA) is 0 Å². The SMILES string of the molecule is BrCCCc1ccccc1C1CC1. The van der Waals surface area contributed by atoms with Crippen LogP contribution in [-0.2, 0) is 6.42 Å². The van der Waals surface area contributed by atoms with Gasteiger partial charge in [0.25, 0.3) is 0 Å². The average Bonchev–Trinajstić information content (AvgIpc) is 2.98. The first-order valence-corrected chi connectivity index (χ1v) is 6.17. The number of hydrogen-bond acceptors (Lipinski definition) is 0. The minimum atomic E-state index is 0.895. The summed E-state index contributed by atoms with van der Waals surface area (Å²) in [7, 11) is 0. The lowest BCUT2D eigenvalue weighted by Crippen LogP contribution is -1.92. The van der Waals surface area contributed by atoms with Gasteiger partial charge in [-0.1, -0.05) is 40.2 Å². The quantitative estimate of drug-likeness (QED) is 0.699. The molecule has 0 unspecified atom stereocenters. The number of benzene rings is 1. The summed E-state index contributed by atoms with van der Waals surface area (Å²) >= 11 is 3.48. The van der Waals surface area contributed by atoms with E-state index in [1.807, 2.05) is 0 Å². The molecule has 0 aromatic heterocycles. The van der Waals surface area contributed by atoms with Crippen LogP contribution < -0.4 is 0 Å². The van der Waals surface area contributed by atoms with Crippen molar-refractivity contribution in [3.63, 3.8) is 0 Å². The molecule has 70 valence electrons. The van der Waals surface area contributed by atoms with Crippen LogP contribution in [0.3, 0.4) is 0 Å². The standard InChI is InChI=1S/C12H15Br/c13-9-3-5-10-4-1-2-6-12(10)11-7-8-11/h1-2,4,6,11H,3,5,7-9H2. The molecule has 1 aromatic carbocycles. The molecule has 1 aliphatic rings. The first-order chi connectivity index (χ1) is 6.42. The molecule has 0 aliphatic heterocycles. The lowest BCUT2D eigenvalue weighted by Gasteiger charge is -2.06. The minimum absolute atomic E-state index is 0.895. The zero-order valence-corrected chi connectivity index (χ0v) is 9.39. The summed E-state index contributed by atoms with van der Waals surface area (Å²) in [4.78, 5) is 0. The highest BCUT2D eigenvalue weighted by Gasteiger charge is 2.25. The van der Waals surface area contributed by atoms with Gasteiger partial charge in [0, 0.05) is 5.33 Å². The van der Waals surface area contributed by atoms with Crippen molar-refractivity contribution in [1.82, 2.24) is 0 Å². The van der Waals surface area contributed by atoms with Gasteiger partial charge in [-0.15, -0.1) is 0 Å². The molecule has 1 saturated carbocycles. The van der Waals surface area contributed by atoms with Gasteiger partial charge in [-0.05, 0) is 42.7 Å². The normalized spacial score (nSPS) is 16.1. The minimum Gasteiger partial charge on any atom is -0.0928 e. The van der Waals surface area contributed by atoms with E-state index in [1.54, 1.807) is 11.1 Å². The van der Waals surface area contributed by atoms with Crippen molar-refractivity contribution in [3.05, 3.63) is 35.4 Å². The fourth-order valence-electron chi connectivity index (χ4n) is 1.81. The monoisotopic (exact) mass is 238 g/mol. The Bertz CT molecular complexity index is 276. The van der Waals surface area contributed by atoms with E-state index in [4.69, 9.17) is 0 Å². The van der Waals surface area contributed by atoms with Crippen LogP contribution in [0.4, 0.5) is 0 Å². The largest absolute Gasteiger partial charge is 0.0928 e. The molecule has 0 heterocycles. The number of aryl methyl sites for hydroxylation is 1. The van der Waals surface area contributed by atoms with Gasteiger partial charge in [-0.2, -0.15) is 0 Å². The van der Waals surface area contributed by atoms with Crippen molar-refractivity contribution in [2.24, 2.45) is 0 Å². The Morgan fingerprint density at radius 1 is 1.23 bits per heavy atom. The molecule has 0 saturated heterocycles. The molecule has 1 aliphatic carbocycles. The fourth-order valence-corrected chi connectivity index (χ4v) is 2.09. The Kier molecular flexibility index (Phi) is 3.05. The van der Waals surface area contributed by atoms with Gasteiger partial charge in [-0.3, -0.25) is 0 Å². The van der Waals surface area contributed by atoms with E-state index in [0.29, 0.717) is 0 Å². The van der Waals surface area contributed by atoms with Crippen molar-refractivity contribution in [2.45, 2.75) is 31.6 Å². The Hall–Kier alpha value is -0.300. The molecule has 0 spiro atoms. The second-order valence-corrected chi connectivity index (χ2v) is 4.56. The summed E-state index contributed by atoms with van der Waals surface area (Å²) in [6.07, 6.45) is 5.30. The van der Waals surface area contributed by atoms with Crippen molar-refractivity contribution in [2.75, 3.05) is 5.33 Å². The van der Waals surface area contributed by atoms with E-state index in [-0.39, 0.29) is 0 Å². The van der Waals surface area contributed by atoms with Crippen LogP contribution in [0.1, 0.15) is 36.3 Å². The zero-order chi connectivity index (χ0) is 9.10. The maximum Gasteiger partial charge on any atom is 0.00344 e. The number of alkyl halides is 1. The van der Waals surface area contributed by atoms with Crippen LogP contribution in [0, 0.1) is 0 Å². The highest BCUT2D eigenvalue weighted by molar-refractivity contribution is 9.09. The number of halogens is 1. The Labute approximate surface area is 88.5 Å². The third kappa shape index (κ3) is 2.34. The van der Waals surface area contributed by atoms with Crippen LogP contribution >= 0.6 is 15.9 Å². The molecule has 1 fully saturated rings. The van der Waals surface area contributed by atoms with E-state index in [2.05, 4.69) is 40.2 Å². The second-order valence-electron chi connectivity index (χ2n) is 3.77. The molecular formula is C12H15Br. The Morgan fingerprint density at radius 2 is 2.00 bits per heavy atom. The summed E-state index contributed by atoms with van der Waals surface area (Å²) in [6.45, 7) is 0. The average molecular weight is 239 g/mol. The maximum atomic E-state index is 3.48. The second kappa shape index (κ2) is 4.28. The van der Waals surface area contributed by atoms with Gasteiger partial charge in [-0.25, -0.2) is 0 Å². The zero-order valence-electron chi connectivity index (χ0n) is 7.80. The van der Waals surface area contributed by atoms with Crippen molar-refractivity contribution < 1.29 is 0 Å². The van der Waals surface area contributed by atoms with Crippen molar-refractivity contribution in [3.8, 4) is 0 Å². The maximum absolute atomic E-state index is 3.48.